The summed E-state index contributed by atoms with van der Waals surface area (Å²) in [4.78, 5) is 9.67. The second-order valence-electron chi connectivity index (χ2n) is 8.71. The topological polar surface area (TPSA) is 103 Å². The number of anilines is 1. The van der Waals surface area contributed by atoms with Gasteiger partial charge in [-0.15, -0.1) is 0 Å². The van der Waals surface area contributed by atoms with Gasteiger partial charge >= 0.3 is 0 Å². The fourth-order valence-electron chi connectivity index (χ4n) is 4.73. The van der Waals surface area contributed by atoms with E-state index in [1.54, 1.807) is 10.7 Å². The van der Waals surface area contributed by atoms with Gasteiger partial charge in [0.1, 0.15) is 15.7 Å². The van der Waals surface area contributed by atoms with Gasteiger partial charge in [-0.1, -0.05) is 18.2 Å². The van der Waals surface area contributed by atoms with Crippen molar-refractivity contribution < 1.29 is 8.42 Å². The fourth-order valence-corrected chi connectivity index (χ4v) is 6.22. The molecule has 0 amide bonds. The molecule has 6 rings (SSSR count). The number of para-hydroxylation sites is 1. The van der Waals surface area contributed by atoms with E-state index in [0.29, 0.717) is 30.2 Å². The van der Waals surface area contributed by atoms with E-state index in [9.17, 15) is 8.42 Å². The Morgan fingerprint density at radius 3 is 2.55 bits per heavy atom. The predicted octanol–water partition coefficient (Wildman–Crippen LogP) is 3.70. The first-order chi connectivity index (χ1) is 15.0. The minimum Gasteiger partial charge on any atom is -0.383 e. The SMILES string of the molecule is Nc1c(C2CC2)c(C2CCS(=O)(=O)CC2)nc2c(-c3cnc4ccccc4c3)cnn12. The summed E-state index contributed by atoms with van der Waals surface area (Å²) in [5, 5.41) is 5.62. The van der Waals surface area contributed by atoms with Crippen LogP contribution in [0.5, 0.6) is 0 Å². The molecule has 8 heteroatoms. The minimum atomic E-state index is -2.94. The van der Waals surface area contributed by atoms with E-state index in [1.807, 2.05) is 30.5 Å². The molecular formula is C23H23N5O2S. The summed E-state index contributed by atoms with van der Waals surface area (Å²) in [7, 11) is -2.94. The lowest BCUT2D eigenvalue weighted by atomic mass is 9.92. The van der Waals surface area contributed by atoms with E-state index < -0.39 is 9.84 Å². The van der Waals surface area contributed by atoms with Crippen molar-refractivity contribution >= 4 is 32.2 Å². The van der Waals surface area contributed by atoms with Crippen molar-refractivity contribution in [2.75, 3.05) is 17.2 Å². The van der Waals surface area contributed by atoms with Crippen LogP contribution in [0.3, 0.4) is 0 Å². The summed E-state index contributed by atoms with van der Waals surface area (Å²) in [5.74, 6) is 1.59. The normalized spacial score (nSPS) is 19.2. The molecule has 1 aromatic carbocycles. The van der Waals surface area contributed by atoms with Crippen molar-refractivity contribution in [1.29, 1.82) is 0 Å². The molecule has 0 radical (unpaired) electrons. The number of pyridine rings is 1. The zero-order valence-electron chi connectivity index (χ0n) is 17.0. The molecule has 1 saturated heterocycles. The van der Waals surface area contributed by atoms with Crippen LogP contribution in [0, 0.1) is 0 Å². The van der Waals surface area contributed by atoms with Crippen molar-refractivity contribution in [1.82, 2.24) is 19.6 Å². The predicted molar refractivity (Wildman–Crippen MR) is 121 cm³/mol. The third-order valence-corrected chi connectivity index (χ3v) is 8.29. The van der Waals surface area contributed by atoms with Gasteiger partial charge in [0, 0.05) is 34.2 Å². The van der Waals surface area contributed by atoms with Crippen LogP contribution in [0.15, 0.2) is 42.7 Å². The van der Waals surface area contributed by atoms with Crippen LogP contribution in [-0.2, 0) is 9.84 Å². The molecule has 31 heavy (non-hydrogen) atoms. The zero-order valence-corrected chi connectivity index (χ0v) is 17.8. The van der Waals surface area contributed by atoms with Crippen molar-refractivity contribution in [3.63, 3.8) is 0 Å². The number of fused-ring (bicyclic) bond motifs is 2. The number of benzene rings is 1. The van der Waals surface area contributed by atoms with Gasteiger partial charge in [-0.2, -0.15) is 9.61 Å². The standard InChI is InChI=1S/C23H23N5O2S/c24-22-20(14-5-6-14)21(15-7-9-31(29,30)10-8-15)27-23-18(13-26-28(22)23)17-11-16-3-1-2-4-19(16)25-12-17/h1-4,11-15H,5-10,24H2. The van der Waals surface area contributed by atoms with E-state index in [2.05, 4.69) is 16.1 Å². The highest BCUT2D eigenvalue weighted by Gasteiger charge is 2.35. The maximum absolute atomic E-state index is 12.0. The average molecular weight is 434 g/mol. The molecule has 1 aliphatic heterocycles. The van der Waals surface area contributed by atoms with Gasteiger partial charge in [0.25, 0.3) is 0 Å². The third-order valence-electron chi connectivity index (χ3n) is 6.58. The number of rotatable bonds is 3. The van der Waals surface area contributed by atoms with Crippen molar-refractivity contribution in [3.8, 4) is 11.1 Å². The second kappa shape index (κ2) is 6.75. The zero-order chi connectivity index (χ0) is 21.2. The molecule has 0 atom stereocenters. The quantitative estimate of drug-likeness (QED) is 0.528. The van der Waals surface area contributed by atoms with Crippen LogP contribution in [0.25, 0.3) is 27.7 Å². The lowest BCUT2D eigenvalue weighted by Gasteiger charge is -2.24. The van der Waals surface area contributed by atoms with Gasteiger partial charge in [0.15, 0.2) is 5.65 Å². The molecule has 2 fully saturated rings. The number of hydrogen-bond donors (Lipinski definition) is 1. The summed E-state index contributed by atoms with van der Waals surface area (Å²) in [5.41, 5.74) is 12.2. The Labute approximate surface area is 180 Å². The summed E-state index contributed by atoms with van der Waals surface area (Å²) >= 11 is 0. The second-order valence-corrected chi connectivity index (χ2v) is 11.0. The van der Waals surface area contributed by atoms with Crippen LogP contribution >= 0.6 is 0 Å². The first-order valence-electron chi connectivity index (χ1n) is 10.7. The molecule has 2 N–H and O–H groups in total. The monoisotopic (exact) mass is 433 g/mol. The largest absolute Gasteiger partial charge is 0.383 e. The van der Waals surface area contributed by atoms with Gasteiger partial charge in [-0.25, -0.2) is 13.4 Å². The van der Waals surface area contributed by atoms with E-state index in [1.165, 1.54) is 0 Å². The highest BCUT2D eigenvalue weighted by molar-refractivity contribution is 7.91. The maximum Gasteiger partial charge on any atom is 0.165 e. The fraction of sp³-hybridized carbons (Fsp3) is 0.348. The van der Waals surface area contributed by atoms with Crippen LogP contribution < -0.4 is 5.73 Å². The van der Waals surface area contributed by atoms with Gasteiger partial charge in [0.05, 0.1) is 28.9 Å². The molecular weight excluding hydrogens is 410 g/mol. The first-order valence-corrected chi connectivity index (χ1v) is 12.5. The Morgan fingerprint density at radius 2 is 1.77 bits per heavy atom. The molecule has 1 aliphatic carbocycles. The summed E-state index contributed by atoms with van der Waals surface area (Å²) in [6.07, 6.45) is 7.04. The third kappa shape index (κ3) is 3.17. The summed E-state index contributed by atoms with van der Waals surface area (Å²) in [6, 6.07) is 10.1. The molecule has 0 bridgehead atoms. The van der Waals surface area contributed by atoms with E-state index >= 15 is 0 Å². The Kier molecular flexibility index (Phi) is 4.08. The number of aromatic nitrogens is 4. The van der Waals surface area contributed by atoms with Crippen molar-refractivity contribution in [3.05, 3.63) is 54.0 Å². The maximum atomic E-state index is 12.0. The molecule has 158 valence electrons. The summed E-state index contributed by atoms with van der Waals surface area (Å²) < 4.78 is 25.7. The smallest absolute Gasteiger partial charge is 0.165 e. The number of nitrogen functional groups attached to an aromatic ring is 1. The Hall–Kier alpha value is -3.00. The van der Waals surface area contributed by atoms with Gasteiger partial charge in [-0.3, -0.25) is 4.98 Å². The molecule has 1 saturated carbocycles. The molecule has 4 heterocycles. The number of nitrogens with two attached hydrogens (primary N) is 1. The number of hydrogen-bond acceptors (Lipinski definition) is 6. The van der Waals surface area contributed by atoms with E-state index in [-0.39, 0.29) is 17.4 Å². The highest BCUT2D eigenvalue weighted by atomic mass is 32.2. The molecule has 0 spiro atoms. The molecule has 0 unspecified atom stereocenters. The number of nitrogens with zero attached hydrogens (tertiary/aromatic N) is 4. The van der Waals surface area contributed by atoms with Crippen molar-refractivity contribution in [2.24, 2.45) is 0 Å². The van der Waals surface area contributed by atoms with Gasteiger partial charge in [-0.05, 0) is 43.7 Å². The molecule has 3 aromatic heterocycles. The first kappa shape index (κ1) is 18.7. The van der Waals surface area contributed by atoms with E-state index in [0.717, 1.165) is 46.1 Å². The lowest BCUT2D eigenvalue weighted by molar-refractivity contribution is 0.542. The average Bonchev–Trinajstić information content (AvgIpc) is 3.51. The number of sulfone groups is 1. The molecule has 4 aromatic rings. The Morgan fingerprint density at radius 1 is 1.00 bits per heavy atom. The van der Waals surface area contributed by atoms with Crippen LogP contribution in [0.1, 0.15) is 48.8 Å². The molecule has 7 nitrogen and oxygen atoms in total. The van der Waals surface area contributed by atoms with E-state index in [4.69, 9.17) is 10.7 Å². The Balaban J connectivity index is 1.52. The van der Waals surface area contributed by atoms with Crippen LogP contribution in [0.2, 0.25) is 0 Å². The van der Waals surface area contributed by atoms with Crippen LogP contribution in [0.4, 0.5) is 5.82 Å². The van der Waals surface area contributed by atoms with Crippen molar-refractivity contribution in [2.45, 2.75) is 37.5 Å². The van der Waals surface area contributed by atoms with Crippen LogP contribution in [-0.4, -0.2) is 39.5 Å². The Bertz CT molecular complexity index is 1430. The minimum absolute atomic E-state index is 0.115. The lowest BCUT2D eigenvalue weighted by Crippen LogP contribution is -2.24. The summed E-state index contributed by atoms with van der Waals surface area (Å²) in [6.45, 7) is 0. The highest BCUT2D eigenvalue weighted by Crippen LogP contribution is 2.47. The molecule has 2 aliphatic rings. The van der Waals surface area contributed by atoms with Gasteiger partial charge in [0.2, 0.25) is 0 Å². The van der Waals surface area contributed by atoms with Gasteiger partial charge < -0.3 is 5.73 Å².